The minimum absolute atomic E-state index is 0.141. The van der Waals surface area contributed by atoms with Crippen molar-refractivity contribution in [2.24, 2.45) is 0 Å². The molecule has 0 radical (unpaired) electrons. The maximum Gasteiger partial charge on any atom is 0.304 e. The first kappa shape index (κ1) is 21.3. The first-order valence-electron chi connectivity index (χ1n) is 8.29. The van der Waals surface area contributed by atoms with E-state index in [0.717, 1.165) is 24.5 Å². The Bertz CT molecular complexity index is 823. The molecule has 0 aliphatic carbocycles. The first-order chi connectivity index (χ1) is 13.2. The van der Waals surface area contributed by atoms with Crippen LogP contribution >= 0.6 is 0 Å². The molecule has 28 heavy (non-hydrogen) atoms. The van der Waals surface area contributed by atoms with Gasteiger partial charge in [-0.15, -0.1) is 10.2 Å². The van der Waals surface area contributed by atoms with Crippen molar-refractivity contribution in [3.8, 4) is 17.5 Å². The molecule has 0 aliphatic heterocycles. The summed E-state index contributed by atoms with van der Waals surface area (Å²) >= 11 is 0. The molecule has 1 unspecified atom stereocenters. The van der Waals surface area contributed by atoms with E-state index < -0.39 is 36.3 Å². The number of hydrogen-bond donors (Lipinski definition) is 0. The zero-order valence-electron chi connectivity index (χ0n) is 15.3. The number of ether oxygens (including phenoxy) is 2. The van der Waals surface area contributed by atoms with Crippen molar-refractivity contribution in [1.29, 1.82) is 0 Å². The Labute approximate surface area is 158 Å². The molecule has 1 amide bonds. The van der Waals surface area contributed by atoms with Crippen LogP contribution in [0.1, 0.15) is 31.1 Å². The second-order valence-electron chi connectivity index (χ2n) is 5.80. The molecule has 7 nitrogen and oxygen atoms in total. The fourth-order valence-corrected chi connectivity index (χ4v) is 2.32. The highest BCUT2D eigenvalue weighted by Crippen LogP contribution is 2.31. The number of alkyl halides is 3. The number of carbonyl (C=O) groups excluding carboxylic acids is 1. The van der Waals surface area contributed by atoms with Crippen LogP contribution in [0, 0.1) is 5.82 Å². The number of amides is 1. The molecule has 11 heteroatoms. The van der Waals surface area contributed by atoms with Crippen LogP contribution in [0.4, 0.5) is 17.6 Å². The largest absolute Gasteiger partial charge is 0.433 e. The van der Waals surface area contributed by atoms with Gasteiger partial charge in [0.25, 0.3) is 18.1 Å². The molecule has 2 aromatic rings. The summed E-state index contributed by atoms with van der Waals surface area (Å²) in [5, 5.41) is 6.94. The molecule has 1 atom stereocenters. The first-order valence-corrected chi connectivity index (χ1v) is 8.29. The van der Waals surface area contributed by atoms with Gasteiger partial charge in [-0.05, 0) is 39.0 Å². The van der Waals surface area contributed by atoms with Gasteiger partial charge in [0, 0.05) is 12.6 Å². The predicted octanol–water partition coefficient (Wildman–Crippen LogP) is 3.61. The third-order valence-electron chi connectivity index (χ3n) is 3.58. The summed E-state index contributed by atoms with van der Waals surface area (Å²) in [5.41, 5.74) is -0.141. The number of halogens is 4. The zero-order chi connectivity index (χ0) is 20.8. The Kier molecular flexibility index (Phi) is 7.07. The lowest BCUT2D eigenvalue weighted by Crippen LogP contribution is -2.36. The lowest BCUT2D eigenvalue weighted by molar-refractivity contribution is -0.0702. The average molecular weight is 402 g/mol. The Balaban J connectivity index is 2.39. The van der Waals surface area contributed by atoms with Gasteiger partial charge >= 0.3 is 12.3 Å². The number of aromatic nitrogens is 3. The summed E-state index contributed by atoms with van der Waals surface area (Å²) < 4.78 is 61.5. The second-order valence-corrected chi connectivity index (χ2v) is 5.80. The van der Waals surface area contributed by atoms with E-state index in [-0.39, 0.29) is 17.4 Å². The Morgan fingerprint density at radius 3 is 2.54 bits per heavy atom. The fourth-order valence-electron chi connectivity index (χ4n) is 2.32. The van der Waals surface area contributed by atoms with Crippen molar-refractivity contribution in [2.75, 3.05) is 6.54 Å². The molecule has 0 bridgehead atoms. The van der Waals surface area contributed by atoms with Crippen LogP contribution in [-0.4, -0.2) is 51.4 Å². The zero-order valence-corrected chi connectivity index (χ0v) is 15.3. The minimum Gasteiger partial charge on any atom is -0.433 e. The summed E-state index contributed by atoms with van der Waals surface area (Å²) in [5.74, 6) is -2.61. The lowest BCUT2D eigenvalue weighted by Gasteiger charge is -2.26. The molecular formula is C17H18F4N4O3. The van der Waals surface area contributed by atoms with Gasteiger partial charge in [0.05, 0.1) is 5.56 Å². The van der Waals surface area contributed by atoms with Crippen molar-refractivity contribution in [3.63, 3.8) is 0 Å². The maximum atomic E-state index is 13.7. The van der Waals surface area contributed by atoms with E-state index in [9.17, 15) is 22.4 Å². The lowest BCUT2D eigenvalue weighted by atomic mass is 10.1. The molecule has 0 N–H and O–H groups in total. The van der Waals surface area contributed by atoms with E-state index in [1.54, 1.807) is 20.8 Å². The highest BCUT2D eigenvalue weighted by molar-refractivity contribution is 5.97. The average Bonchev–Trinajstić information content (AvgIpc) is 2.64. The van der Waals surface area contributed by atoms with Crippen LogP contribution in [0.15, 0.2) is 24.5 Å². The molecule has 0 spiro atoms. The smallest absolute Gasteiger partial charge is 0.304 e. The molecule has 152 valence electrons. The quantitative estimate of drug-likeness (QED) is 0.628. The number of benzene rings is 1. The third-order valence-corrected chi connectivity index (χ3v) is 3.58. The van der Waals surface area contributed by atoms with E-state index >= 15 is 0 Å². The summed E-state index contributed by atoms with van der Waals surface area (Å²) in [6.07, 6.45) is -5.55. The van der Waals surface area contributed by atoms with E-state index in [1.807, 2.05) is 0 Å². The van der Waals surface area contributed by atoms with Crippen molar-refractivity contribution < 1.29 is 31.8 Å². The summed E-state index contributed by atoms with van der Waals surface area (Å²) in [6.45, 7) is 5.67. The standard InChI is InChI=1S/C17H18F4N4O3/c1-4-25(9(2)3)17(26)11-7-10(18)5-6-12(11)27-16-15(22-8-23-24-16)28-14(21)13(19)20/h5-9,13-14H,4H2,1-3H3. The predicted molar refractivity (Wildman–Crippen MR) is 89.7 cm³/mol. The molecule has 0 aliphatic rings. The van der Waals surface area contributed by atoms with Gasteiger partial charge in [-0.3, -0.25) is 4.79 Å². The summed E-state index contributed by atoms with van der Waals surface area (Å²) in [6, 6.07) is 2.96. The van der Waals surface area contributed by atoms with Crippen LogP contribution in [0.3, 0.4) is 0 Å². The number of carbonyl (C=O) groups is 1. The Morgan fingerprint density at radius 1 is 1.21 bits per heavy atom. The topological polar surface area (TPSA) is 77.4 Å². The van der Waals surface area contributed by atoms with Crippen LogP contribution in [0.25, 0.3) is 0 Å². The monoisotopic (exact) mass is 402 g/mol. The van der Waals surface area contributed by atoms with Crippen LogP contribution < -0.4 is 9.47 Å². The van der Waals surface area contributed by atoms with Crippen molar-refractivity contribution in [3.05, 3.63) is 35.9 Å². The highest BCUT2D eigenvalue weighted by Gasteiger charge is 2.26. The van der Waals surface area contributed by atoms with Gasteiger partial charge in [0.15, 0.2) is 0 Å². The van der Waals surface area contributed by atoms with E-state index in [4.69, 9.17) is 4.74 Å². The van der Waals surface area contributed by atoms with Gasteiger partial charge in [-0.1, -0.05) is 0 Å². The summed E-state index contributed by atoms with van der Waals surface area (Å²) in [4.78, 5) is 17.7. The number of nitrogens with zero attached hydrogens (tertiary/aromatic N) is 4. The molecular weight excluding hydrogens is 384 g/mol. The van der Waals surface area contributed by atoms with Gasteiger partial charge < -0.3 is 14.4 Å². The normalized spacial score (nSPS) is 12.2. The van der Waals surface area contributed by atoms with Gasteiger partial charge in [0.2, 0.25) is 0 Å². The third kappa shape index (κ3) is 5.05. The molecule has 2 rings (SSSR count). The Morgan fingerprint density at radius 2 is 1.93 bits per heavy atom. The molecule has 1 heterocycles. The van der Waals surface area contributed by atoms with Gasteiger partial charge in [0.1, 0.15) is 17.9 Å². The minimum atomic E-state index is -3.42. The van der Waals surface area contributed by atoms with E-state index in [0.29, 0.717) is 6.54 Å². The van der Waals surface area contributed by atoms with E-state index in [2.05, 4.69) is 19.9 Å². The molecule has 0 saturated carbocycles. The van der Waals surface area contributed by atoms with Crippen LogP contribution in [0.5, 0.6) is 17.5 Å². The highest BCUT2D eigenvalue weighted by atomic mass is 19.3. The van der Waals surface area contributed by atoms with Gasteiger partial charge in [-0.2, -0.15) is 9.37 Å². The van der Waals surface area contributed by atoms with Gasteiger partial charge in [-0.25, -0.2) is 13.2 Å². The Hall–Kier alpha value is -2.98. The van der Waals surface area contributed by atoms with Crippen molar-refractivity contribution >= 4 is 5.91 Å². The molecule has 1 aromatic heterocycles. The maximum absolute atomic E-state index is 13.7. The van der Waals surface area contributed by atoms with E-state index in [1.165, 1.54) is 4.90 Å². The number of rotatable bonds is 8. The fraction of sp³-hybridized carbons (Fsp3) is 0.412. The second kappa shape index (κ2) is 9.29. The SMILES string of the molecule is CCN(C(=O)c1cc(F)ccc1Oc1nncnc1OC(F)C(F)F)C(C)C. The van der Waals surface area contributed by atoms with Crippen molar-refractivity contribution in [2.45, 2.75) is 39.6 Å². The van der Waals surface area contributed by atoms with Crippen LogP contribution in [-0.2, 0) is 0 Å². The number of hydrogen-bond acceptors (Lipinski definition) is 6. The molecule has 0 fully saturated rings. The molecule has 1 aromatic carbocycles. The van der Waals surface area contributed by atoms with Crippen molar-refractivity contribution in [1.82, 2.24) is 20.1 Å². The van der Waals surface area contributed by atoms with Crippen LogP contribution in [0.2, 0.25) is 0 Å². The molecule has 0 saturated heterocycles. The summed E-state index contributed by atoms with van der Waals surface area (Å²) in [7, 11) is 0.